The molecule has 1 aromatic carbocycles. The Kier molecular flexibility index (Phi) is 3.41. The normalized spacial score (nSPS) is 14.2. The Morgan fingerprint density at radius 1 is 1.30 bits per heavy atom. The average molecular weight is 273 g/mol. The van der Waals surface area contributed by atoms with Gasteiger partial charge in [0.25, 0.3) is 5.91 Å². The number of carbonyl (C=O) groups excluding carboxylic acids is 1. The molecule has 0 atom stereocenters. The van der Waals surface area contributed by atoms with E-state index in [0.717, 1.165) is 11.9 Å². The summed E-state index contributed by atoms with van der Waals surface area (Å²) in [4.78, 5) is 22.7. The molecule has 5 nitrogen and oxygen atoms in total. The van der Waals surface area contributed by atoms with Crippen LogP contribution in [0.25, 0.3) is 11.0 Å². The zero-order valence-corrected chi connectivity index (χ0v) is 10.9. The number of ether oxygens (including phenoxy) is 1. The molecule has 1 heterocycles. The van der Waals surface area contributed by atoms with E-state index in [1.807, 2.05) is 0 Å². The smallest absolute Gasteiger partial charge is 0.336 e. The summed E-state index contributed by atoms with van der Waals surface area (Å²) >= 11 is 0. The van der Waals surface area contributed by atoms with Gasteiger partial charge in [-0.15, -0.1) is 0 Å². The standard InChI is InChI=1S/C15H15NO4/c17-14(16-8-10-1-2-10)9-19-12-5-3-11-4-6-15(18)20-13(11)7-12/h3-7,10H,1-2,8-9H2,(H,16,17). The molecule has 1 aromatic heterocycles. The maximum atomic E-state index is 11.6. The van der Waals surface area contributed by atoms with Crippen molar-refractivity contribution in [3.8, 4) is 5.75 Å². The quantitative estimate of drug-likeness (QED) is 0.842. The summed E-state index contributed by atoms with van der Waals surface area (Å²) in [7, 11) is 0. The number of amides is 1. The van der Waals surface area contributed by atoms with Gasteiger partial charge in [-0.1, -0.05) is 0 Å². The Labute approximate surface area is 115 Å². The third kappa shape index (κ3) is 3.17. The molecule has 1 aliphatic rings. The summed E-state index contributed by atoms with van der Waals surface area (Å²) in [5, 5.41) is 3.64. The lowest BCUT2D eigenvalue weighted by atomic mass is 10.2. The second-order valence-electron chi connectivity index (χ2n) is 4.99. The molecule has 0 saturated heterocycles. The van der Waals surface area contributed by atoms with Crippen molar-refractivity contribution in [2.75, 3.05) is 13.2 Å². The van der Waals surface area contributed by atoms with E-state index in [2.05, 4.69) is 5.32 Å². The lowest BCUT2D eigenvalue weighted by Crippen LogP contribution is -2.30. The number of nitrogens with one attached hydrogen (secondary N) is 1. The van der Waals surface area contributed by atoms with E-state index in [4.69, 9.17) is 9.15 Å². The molecule has 1 fully saturated rings. The van der Waals surface area contributed by atoms with E-state index < -0.39 is 5.63 Å². The predicted octanol–water partition coefficient (Wildman–Crippen LogP) is 1.70. The fourth-order valence-electron chi connectivity index (χ4n) is 1.91. The van der Waals surface area contributed by atoms with Gasteiger partial charge in [-0.05, 0) is 37.0 Å². The minimum Gasteiger partial charge on any atom is -0.484 e. The van der Waals surface area contributed by atoms with Crippen molar-refractivity contribution < 1.29 is 13.9 Å². The van der Waals surface area contributed by atoms with Gasteiger partial charge < -0.3 is 14.5 Å². The molecule has 0 bridgehead atoms. The number of rotatable bonds is 5. The molecule has 104 valence electrons. The van der Waals surface area contributed by atoms with E-state index in [1.165, 1.54) is 18.9 Å². The second kappa shape index (κ2) is 5.36. The molecule has 2 aromatic rings. The molecule has 0 aliphatic heterocycles. The topological polar surface area (TPSA) is 68.5 Å². The highest BCUT2D eigenvalue weighted by Crippen LogP contribution is 2.27. The highest BCUT2D eigenvalue weighted by molar-refractivity contribution is 5.79. The molecular formula is C15H15NO4. The molecule has 1 N–H and O–H groups in total. The molecule has 5 heteroatoms. The van der Waals surface area contributed by atoms with Gasteiger partial charge >= 0.3 is 5.63 Å². The van der Waals surface area contributed by atoms with Crippen molar-refractivity contribution in [1.82, 2.24) is 5.32 Å². The van der Waals surface area contributed by atoms with Gasteiger partial charge in [-0.2, -0.15) is 0 Å². The third-order valence-electron chi connectivity index (χ3n) is 3.25. The predicted molar refractivity (Wildman–Crippen MR) is 73.7 cm³/mol. The van der Waals surface area contributed by atoms with Gasteiger partial charge in [0, 0.05) is 24.1 Å². The molecule has 3 rings (SSSR count). The molecule has 1 saturated carbocycles. The van der Waals surface area contributed by atoms with Crippen LogP contribution in [-0.2, 0) is 4.79 Å². The van der Waals surface area contributed by atoms with Gasteiger partial charge in [-0.25, -0.2) is 4.79 Å². The Bertz CT molecular complexity index is 688. The van der Waals surface area contributed by atoms with Gasteiger partial charge in [-0.3, -0.25) is 4.79 Å². The average Bonchev–Trinajstić information content (AvgIpc) is 3.26. The van der Waals surface area contributed by atoms with Crippen LogP contribution in [0.5, 0.6) is 5.75 Å². The van der Waals surface area contributed by atoms with Crippen LogP contribution in [0.2, 0.25) is 0 Å². The molecule has 20 heavy (non-hydrogen) atoms. The summed E-state index contributed by atoms with van der Waals surface area (Å²) in [6, 6.07) is 8.21. The molecule has 0 unspecified atom stereocenters. The van der Waals surface area contributed by atoms with Gasteiger partial charge in [0.2, 0.25) is 0 Å². The van der Waals surface area contributed by atoms with E-state index in [-0.39, 0.29) is 12.5 Å². The van der Waals surface area contributed by atoms with Gasteiger partial charge in [0.05, 0.1) is 0 Å². The Hall–Kier alpha value is -2.30. The van der Waals surface area contributed by atoms with Crippen molar-refractivity contribution in [2.24, 2.45) is 5.92 Å². The van der Waals surface area contributed by atoms with Crippen LogP contribution >= 0.6 is 0 Å². The van der Waals surface area contributed by atoms with E-state index in [9.17, 15) is 9.59 Å². The molecule has 0 radical (unpaired) electrons. The number of carbonyl (C=O) groups is 1. The molecule has 0 spiro atoms. The van der Waals surface area contributed by atoms with Crippen molar-refractivity contribution in [2.45, 2.75) is 12.8 Å². The number of benzene rings is 1. The lowest BCUT2D eigenvalue weighted by molar-refractivity contribution is -0.123. The van der Waals surface area contributed by atoms with E-state index in [1.54, 1.807) is 24.3 Å². The Balaban J connectivity index is 1.61. The highest BCUT2D eigenvalue weighted by Gasteiger charge is 2.21. The van der Waals surface area contributed by atoms with Crippen LogP contribution in [0, 0.1) is 5.92 Å². The summed E-state index contributed by atoms with van der Waals surface area (Å²) in [5.41, 5.74) is 0.0465. The summed E-state index contributed by atoms with van der Waals surface area (Å²) < 4.78 is 10.5. The van der Waals surface area contributed by atoms with Gasteiger partial charge in [0.15, 0.2) is 6.61 Å². The van der Waals surface area contributed by atoms with Crippen LogP contribution in [0.1, 0.15) is 12.8 Å². The second-order valence-corrected chi connectivity index (χ2v) is 4.99. The van der Waals surface area contributed by atoms with Crippen molar-refractivity contribution in [3.05, 3.63) is 40.8 Å². The minimum atomic E-state index is -0.406. The monoisotopic (exact) mass is 273 g/mol. The zero-order chi connectivity index (χ0) is 13.9. The lowest BCUT2D eigenvalue weighted by Gasteiger charge is -2.07. The first kappa shape index (κ1) is 12.7. The van der Waals surface area contributed by atoms with Crippen LogP contribution in [-0.4, -0.2) is 19.1 Å². The number of hydrogen-bond donors (Lipinski definition) is 1. The van der Waals surface area contributed by atoms with Crippen molar-refractivity contribution in [3.63, 3.8) is 0 Å². The zero-order valence-electron chi connectivity index (χ0n) is 10.9. The maximum Gasteiger partial charge on any atom is 0.336 e. The maximum absolute atomic E-state index is 11.6. The van der Waals surface area contributed by atoms with Gasteiger partial charge in [0.1, 0.15) is 11.3 Å². The first-order valence-electron chi connectivity index (χ1n) is 6.64. The van der Waals surface area contributed by atoms with Crippen LogP contribution in [0.3, 0.4) is 0 Å². The summed E-state index contributed by atoms with van der Waals surface area (Å²) in [6.07, 6.45) is 2.40. The largest absolute Gasteiger partial charge is 0.484 e. The van der Waals surface area contributed by atoms with E-state index >= 15 is 0 Å². The highest BCUT2D eigenvalue weighted by atomic mass is 16.5. The number of fused-ring (bicyclic) bond motifs is 1. The first-order valence-corrected chi connectivity index (χ1v) is 6.64. The third-order valence-corrected chi connectivity index (χ3v) is 3.25. The molecular weight excluding hydrogens is 258 g/mol. The van der Waals surface area contributed by atoms with Crippen molar-refractivity contribution >= 4 is 16.9 Å². The Morgan fingerprint density at radius 2 is 2.10 bits per heavy atom. The fraction of sp³-hybridized carbons (Fsp3) is 0.333. The van der Waals surface area contributed by atoms with Crippen molar-refractivity contribution in [1.29, 1.82) is 0 Å². The SMILES string of the molecule is O=C(COc1ccc2ccc(=O)oc2c1)NCC1CC1. The van der Waals surface area contributed by atoms with Crippen LogP contribution < -0.4 is 15.7 Å². The fourth-order valence-corrected chi connectivity index (χ4v) is 1.91. The molecule has 1 amide bonds. The first-order chi connectivity index (χ1) is 9.70. The summed E-state index contributed by atoms with van der Waals surface area (Å²) in [6.45, 7) is 0.698. The van der Waals surface area contributed by atoms with E-state index in [0.29, 0.717) is 17.3 Å². The minimum absolute atomic E-state index is 0.0324. The van der Waals surface area contributed by atoms with Crippen LogP contribution in [0.15, 0.2) is 39.5 Å². The number of hydrogen-bond acceptors (Lipinski definition) is 4. The molecule has 1 aliphatic carbocycles. The Morgan fingerprint density at radius 3 is 2.90 bits per heavy atom. The summed E-state index contributed by atoms with van der Waals surface area (Å²) in [5.74, 6) is 1.02. The van der Waals surface area contributed by atoms with Crippen LogP contribution in [0.4, 0.5) is 0 Å².